The summed E-state index contributed by atoms with van der Waals surface area (Å²) in [5, 5.41) is 4.39. The van der Waals surface area contributed by atoms with E-state index in [9.17, 15) is 13.2 Å². The Kier molecular flexibility index (Phi) is 5.83. The molecule has 27 heavy (non-hydrogen) atoms. The summed E-state index contributed by atoms with van der Waals surface area (Å²) in [6, 6.07) is 4.15. The lowest BCUT2D eigenvalue weighted by Crippen LogP contribution is -2.39. The number of nitrogens with one attached hydrogen (secondary N) is 1. The molecule has 1 aromatic carbocycles. The molecule has 1 fully saturated rings. The van der Waals surface area contributed by atoms with Gasteiger partial charge in [0, 0.05) is 19.1 Å². The average molecular weight is 412 g/mol. The first-order chi connectivity index (χ1) is 12.8. The number of halogens is 1. The molecule has 0 bridgehead atoms. The summed E-state index contributed by atoms with van der Waals surface area (Å²) in [4.78, 5) is 18.6. The highest BCUT2D eigenvalue weighted by Crippen LogP contribution is 2.26. The molecule has 1 aliphatic heterocycles. The monoisotopic (exact) mass is 411 g/mol. The fraction of sp³-hybridized carbons (Fsp3) is 0.471. The zero-order valence-electron chi connectivity index (χ0n) is 15.2. The zero-order valence-corrected chi connectivity index (χ0v) is 16.7. The second-order valence-electron chi connectivity index (χ2n) is 6.82. The molecule has 1 N–H and O–H groups in total. The van der Waals surface area contributed by atoms with Crippen LogP contribution < -0.4 is 4.72 Å². The number of likely N-dealkylation sites (tertiary alicyclic amines) is 1. The number of aromatic nitrogens is 3. The van der Waals surface area contributed by atoms with Gasteiger partial charge in [0.05, 0.1) is 21.5 Å². The molecular formula is C17H22ClN5O3S. The van der Waals surface area contributed by atoms with Crippen molar-refractivity contribution in [3.63, 3.8) is 0 Å². The van der Waals surface area contributed by atoms with Gasteiger partial charge in [0.15, 0.2) is 0 Å². The van der Waals surface area contributed by atoms with Crippen molar-refractivity contribution in [1.82, 2.24) is 24.4 Å². The van der Waals surface area contributed by atoms with E-state index in [0.717, 1.165) is 12.8 Å². The summed E-state index contributed by atoms with van der Waals surface area (Å²) in [7, 11) is -3.70. The lowest BCUT2D eigenvalue weighted by Gasteiger charge is -2.32. The average Bonchev–Trinajstić information content (AvgIpc) is 3.15. The molecule has 1 amide bonds. The Morgan fingerprint density at radius 1 is 1.30 bits per heavy atom. The van der Waals surface area contributed by atoms with Crippen LogP contribution in [0.4, 0.5) is 0 Å². The number of carbonyl (C=O) groups is 1. The van der Waals surface area contributed by atoms with Crippen LogP contribution in [-0.4, -0.2) is 53.1 Å². The molecule has 1 saturated heterocycles. The van der Waals surface area contributed by atoms with Gasteiger partial charge in [0.1, 0.15) is 12.7 Å². The minimum absolute atomic E-state index is 0.0291. The minimum Gasteiger partial charge on any atom is -0.338 e. The van der Waals surface area contributed by atoms with Gasteiger partial charge in [-0.3, -0.25) is 4.79 Å². The number of hydrogen-bond acceptors (Lipinski definition) is 5. The fourth-order valence-corrected chi connectivity index (χ4v) is 4.60. The van der Waals surface area contributed by atoms with Crippen molar-refractivity contribution < 1.29 is 13.2 Å². The van der Waals surface area contributed by atoms with E-state index in [4.69, 9.17) is 11.6 Å². The Bertz CT molecular complexity index is 907. The van der Waals surface area contributed by atoms with E-state index in [1.807, 2.05) is 0 Å². The molecule has 2 heterocycles. The van der Waals surface area contributed by atoms with Gasteiger partial charge in [0.2, 0.25) is 10.0 Å². The smallest absolute Gasteiger partial charge is 0.255 e. The Balaban J connectivity index is 1.76. The van der Waals surface area contributed by atoms with Gasteiger partial charge in [-0.25, -0.2) is 22.8 Å². The molecule has 0 radical (unpaired) electrons. The van der Waals surface area contributed by atoms with Gasteiger partial charge in [-0.2, -0.15) is 5.10 Å². The van der Waals surface area contributed by atoms with Crippen molar-refractivity contribution in [3.05, 3.63) is 41.4 Å². The van der Waals surface area contributed by atoms with E-state index in [1.54, 1.807) is 29.8 Å². The number of rotatable bonds is 5. The maximum absolute atomic E-state index is 12.9. The third-order valence-electron chi connectivity index (χ3n) is 4.43. The van der Waals surface area contributed by atoms with Crippen LogP contribution in [0.3, 0.4) is 0 Å². The molecule has 0 spiro atoms. The van der Waals surface area contributed by atoms with Crippen molar-refractivity contribution in [3.8, 4) is 0 Å². The lowest BCUT2D eigenvalue weighted by atomic mass is 10.0. The van der Waals surface area contributed by atoms with E-state index >= 15 is 0 Å². The van der Waals surface area contributed by atoms with Crippen LogP contribution >= 0.6 is 11.6 Å². The third-order valence-corrected chi connectivity index (χ3v) is 6.42. The minimum atomic E-state index is -3.70. The van der Waals surface area contributed by atoms with Crippen molar-refractivity contribution in [2.75, 3.05) is 13.1 Å². The highest BCUT2D eigenvalue weighted by Gasteiger charge is 2.27. The van der Waals surface area contributed by atoms with Crippen LogP contribution in [0.5, 0.6) is 0 Å². The van der Waals surface area contributed by atoms with Crippen LogP contribution in [0, 0.1) is 0 Å². The Morgan fingerprint density at radius 3 is 2.59 bits per heavy atom. The van der Waals surface area contributed by atoms with E-state index in [-0.39, 0.29) is 33.5 Å². The summed E-state index contributed by atoms with van der Waals surface area (Å²) < 4.78 is 29.1. The second kappa shape index (κ2) is 7.95. The molecule has 3 rings (SSSR count). The van der Waals surface area contributed by atoms with Crippen molar-refractivity contribution in [2.45, 2.75) is 43.7 Å². The normalized spacial score (nSPS) is 16.1. The first-order valence-electron chi connectivity index (χ1n) is 8.73. The topological polar surface area (TPSA) is 97.2 Å². The molecule has 0 aliphatic carbocycles. The summed E-state index contributed by atoms with van der Waals surface area (Å²) >= 11 is 6.19. The largest absolute Gasteiger partial charge is 0.338 e. The highest BCUT2D eigenvalue weighted by molar-refractivity contribution is 7.89. The van der Waals surface area contributed by atoms with Crippen molar-refractivity contribution in [2.24, 2.45) is 0 Å². The number of carbonyl (C=O) groups excluding carboxylic acids is 1. The van der Waals surface area contributed by atoms with Gasteiger partial charge in [-0.1, -0.05) is 11.6 Å². The molecule has 0 atom stereocenters. The van der Waals surface area contributed by atoms with Gasteiger partial charge >= 0.3 is 0 Å². The Hall–Kier alpha value is -1.97. The van der Waals surface area contributed by atoms with Gasteiger partial charge < -0.3 is 4.90 Å². The van der Waals surface area contributed by atoms with Gasteiger partial charge in [0.25, 0.3) is 5.91 Å². The maximum atomic E-state index is 12.9. The molecule has 146 valence electrons. The quantitative estimate of drug-likeness (QED) is 0.812. The number of amides is 1. The number of nitrogens with zero attached hydrogens (tertiary/aromatic N) is 4. The number of sulfonamides is 1. The predicted octanol–water partition coefficient (Wildman–Crippen LogP) is 2.10. The molecule has 1 aliphatic rings. The molecule has 2 aromatic rings. The molecule has 10 heteroatoms. The molecule has 8 nitrogen and oxygen atoms in total. The number of benzene rings is 1. The van der Waals surface area contributed by atoms with Crippen molar-refractivity contribution >= 4 is 27.5 Å². The fourth-order valence-electron chi connectivity index (χ4n) is 3.12. The van der Waals surface area contributed by atoms with Crippen LogP contribution in [0.25, 0.3) is 0 Å². The van der Waals surface area contributed by atoms with E-state index < -0.39 is 10.0 Å². The standard InChI is InChI=1S/C17H22ClN5O3S/c1-12(2)21-27(25,26)14-3-4-16(18)15(9-14)17(24)22-7-5-13(6-8-22)23-11-19-10-20-23/h3-4,9-13,21H,5-8H2,1-2H3. The third kappa shape index (κ3) is 4.48. The van der Waals surface area contributed by atoms with Crippen LogP contribution in [0.2, 0.25) is 5.02 Å². The summed E-state index contributed by atoms with van der Waals surface area (Å²) in [6.45, 7) is 4.55. The zero-order chi connectivity index (χ0) is 19.6. The second-order valence-corrected chi connectivity index (χ2v) is 8.94. The molecular weight excluding hydrogens is 390 g/mol. The van der Waals surface area contributed by atoms with E-state index in [2.05, 4.69) is 14.8 Å². The SMILES string of the molecule is CC(C)NS(=O)(=O)c1ccc(Cl)c(C(=O)N2CCC(n3cncn3)CC2)c1. The number of hydrogen-bond donors (Lipinski definition) is 1. The Labute approximate surface area is 163 Å². The van der Waals surface area contributed by atoms with Crippen molar-refractivity contribution in [1.29, 1.82) is 0 Å². The predicted molar refractivity (Wildman–Crippen MR) is 101 cm³/mol. The highest BCUT2D eigenvalue weighted by atomic mass is 35.5. The summed E-state index contributed by atoms with van der Waals surface area (Å²) in [5.74, 6) is -0.265. The summed E-state index contributed by atoms with van der Waals surface area (Å²) in [5.41, 5.74) is 0.197. The van der Waals surface area contributed by atoms with E-state index in [0.29, 0.717) is 13.1 Å². The van der Waals surface area contributed by atoms with Gasteiger partial charge in [-0.05, 0) is 44.9 Å². The maximum Gasteiger partial charge on any atom is 0.255 e. The lowest BCUT2D eigenvalue weighted by molar-refractivity contribution is 0.0689. The number of piperidine rings is 1. The van der Waals surface area contributed by atoms with Gasteiger partial charge in [-0.15, -0.1) is 0 Å². The molecule has 1 aromatic heterocycles. The first-order valence-corrected chi connectivity index (χ1v) is 10.6. The Morgan fingerprint density at radius 2 is 2.00 bits per heavy atom. The van der Waals surface area contributed by atoms with Crippen LogP contribution in [0.15, 0.2) is 35.7 Å². The molecule has 0 unspecified atom stereocenters. The molecule has 0 saturated carbocycles. The van der Waals surface area contributed by atoms with Crippen LogP contribution in [-0.2, 0) is 10.0 Å². The van der Waals surface area contributed by atoms with Crippen LogP contribution in [0.1, 0.15) is 43.1 Å². The van der Waals surface area contributed by atoms with E-state index in [1.165, 1.54) is 24.5 Å². The summed E-state index contributed by atoms with van der Waals surface area (Å²) in [6.07, 6.45) is 4.67. The first kappa shape index (κ1) is 19.8.